The van der Waals surface area contributed by atoms with E-state index < -0.39 is 0 Å². The fraction of sp³-hybridized carbons (Fsp3) is 0.615. The molecule has 4 heteroatoms. The maximum Gasteiger partial charge on any atom is 0.131 e. The lowest BCUT2D eigenvalue weighted by atomic mass is 10.2. The molecule has 1 rings (SSSR count). The van der Waals surface area contributed by atoms with Gasteiger partial charge in [-0.15, -0.1) is 0 Å². The van der Waals surface area contributed by atoms with Crippen molar-refractivity contribution < 1.29 is 0 Å². The Morgan fingerprint density at radius 2 is 2.24 bits per heavy atom. The lowest BCUT2D eigenvalue weighted by molar-refractivity contribution is 0.723. The van der Waals surface area contributed by atoms with Crippen molar-refractivity contribution in [3.8, 4) is 0 Å². The van der Waals surface area contributed by atoms with Gasteiger partial charge in [0.05, 0.1) is 0 Å². The van der Waals surface area contributed by atoms with E-state index in [1.54, 1.807) is 0 Å². The Hall–Kier alpha value is -0.740. The topological polar surface area (TPSA) is 28.2 Å². The van der Waals surface area contributed by atoms with E-state index in [1.165, 1.54) is 11.1 Å². The molecule has 1 N–H and O–H groups in total. The maximum atomic E-state index is 4.56. The summed E-state index contributed by atoms with van der Waals surface area (Å²) in [5.41, 5.74) is 2.51. The molecule has 0 fully saturated rings. The molecule has 0 saturated heterocycles. The molecule has 17 heavy (non-hydrogen) atoms. The Kier molecular flexibility index (Phi) is 6.37. The highest BCUT2D eigenvalue weighted by atomic mass is 32.2. The van der Waals surface area contributed by atoms with Crippen LogP contribution in [0.4, 0.5) is 5.82 Å². The van der Waals surface area contributed by atoms with Crippen molar-refractivity contribution in [3.63, 3.8) is 0 Å². The zero-order valence-electron chi connectivity index (χ0n) is 11.3. The summed E-state index contributed by atoms with van der Waals surface area (Å²) in [5.74, 6) is 2.23. The van der Waals surface area contributed by atoms with E-state index >= 15 is 0 Å². The second kappa shape index (κ2) is 7.56. The summed E-state index contributed by atoms with van der Waals surface area (Å²) in [4.78, 5) is 6.79. The van der Waals surface area contributed by atoms with Crippen molar-refractivity contribution in [3.05, 3.63) is 23.4 Å². The highest BCUT2D eigenvalue weighted by molar-refractivity contribution is 7.98. The summed E-state index contributed by atoms with van der Waals surface area (Å²) in [7, 11) is 2.11. The quantitative estimate of drug-likeness (QED) is 0.807. The minimum absolute atomic E-state index is 0.902. The van der Waals surface area contributed by atoms with Gasteiger partial charge in [0, 0.05) is 32.1 Å². The lowest BCUT2D eigenvalue weighted by Crippen LogP contribution is -2.22. The molecule has 0 aliphatic rings. The maximum absolute atomic E-state index is 4.56. The van der Waals surface area contributed by atoms with Crippen LogP contribution in [0.2, 0.25) is 0 Å². The number of hydrogen-bond donors (Lipinski definition) is 1. The molecule has 0 aliphatic heterocycles. The molecular weight excluding hydrogens is 230 g/mol. The Morgan fingerprint density at radius 1 is 1.47 bits per heavy atom. The number of anilines is 1. The van der Waals surface area contributed by atoms with Gasteiger partial charge in [-0.2, -0.15) is 11.8 Å². The molecule has 0 radical (unpaired) electrons. The van der Waals surface area contributed by atoms with E-state index in [1.807, 2.05) is 18.0 Å². The molecule has 3 nitrogen and oxygen atoms in total. The molecule has 0 unspecified atom stereocenters. The predicted molar refractivity (Wildman–Crippen MR) is 78.0 cm³/mol. The monoisotopic (exact) mass is 253 g/mol. The second-order valence-electron chi connectivity index (χ2n) is 4.18. The van der Waals surface area contributed by atoms with E-state index in [2.05, 4.69) is 48.4 Å². The molecule has 0 bridgehead atoms. The van der Waals surface area contributed by atoms with Crippen LogP contribution in [0, 0.1) is 6.92 Å². The van der Waals surface area contributed by atoms with Crippen LogP contribution in [0.15, 0.2) is 12.3 Å². The fourth-order valence-corrected chi connectivity index (χ4v) is 2.18. The first-order valence-electron chi connectivity index (χ1n) is 6.05. The zero-order chi connectivity index (χ0) is 12.7. The number of nitrogens with zero attached hydrogens (tertiary/aromatic N) is 2. The number of pyridine rings is 1. The molecule has 1 aromatic rings. The summed E-state index contributed by atoms with van der Waals surface area (Å²) < 4.78 is 0. The van der Waals surface area contributed by atoms with E-state index in [0.717, 1.165) is 31.2 Å². The first-order valence-corrected chi connectivity index (χ1v) is 7.44. The van der Waals surface area contributed by atoms with Gasteiger partial charge in [-0.25, -0.2) is 4.98 Å². The van der Waals surface area contributed by atoms with Gasteiger partial charge in [-0.3, -0.25) is 0 Å². The number of aryl methyl sites for hydroxylation is 1. The van der Waals surface area contributed by atoms with Crippen LogP contribution in [0.25, 0.3) is 0 Å². The lowest BCUT2D eigenvalue weighted by Gasteiger charge is -2.20. The fourth-order valence-electron chi connectivity index (χ4n) is 1.73. The van der Waals surface area contributed by atoms with E-state index in [0.29, 0.717) is 0 Å². The summed E-state index contributed by atoms with van der Waals surface area (Å²) in [5, 5.41) is 3.32. The standard InChI is InChI=1S/C13H23N3S/c1-5-14-9-12-8-11(2)13(15-10-12)16(3)6-7-17-4/h8,10,14H,5-7,9H2,1-4H3. The van der Waals surface area contributed by atoms with Crippen molar-refractivity contribution in [2.45, 2.75) is 20.4 Å². The summed E-state index contributed by atoms with van der Waals surface area (Å²) in [6.45, 7) is 7.19. The van der Waals surface area contributed by atoms with Gasteiger partial charge in [0.2, 0.25) is 0 Å². The van der Waals surface area contributed by atoms with E-state index in [9.17, 15) is 0 Å². The Bertz CT molecular complexity index is 341. The first kappa shape index (κ1) is 14.3. The predicted octanol–water partition coefficient (Wildman–Crippen LogP) is 2.30. The SMILES string of the molecule is CCNCc1cnc(N(C)CCSC)c(C)c1. The van der Waals surface area contributed by atoms with E-state index in [4.69, 9.17) is 0 Å². The second-order valence-corrected chi connectivity index (χ2v) is 5.16. The third kappa shape index (κ3) is 4.56. The van der Waals surface area contributed by atoms with Crippen molar-refractivity contribution in [1.29, 1.82) is 0 Å². The molecule has 0 aromatic carbocycles. The van der Waals surface area contributed by atoms with Gasteiger partial charge in [0.15, 0.2) is 0 Å². The smallest absolute Gasteiger partial charge is 0.131 e. The van der Waals surface area contributed by atoms with Crippen LogP contribution in [0.3, 0.4) is 0 Å². The molecule has 1 heterocycles. The summed E-state index contributed by atoms with van der Waals surface area (Å²) in [6.07, 6.45) is 4.11. The number of rotatable bonds is 7. The molecule has 96 valence electrons. The van der Waals surface area contributed by atoms with Crippen LogP contribution in [0.5, 0.6) is 0 Å². The number of thioether (sulfide) groups is 1. The molecule has 0 atom stereocenters. The summed E-state index contributed by atoms with van der Waals surface area (Å²) >= 11 is 1.87. The van der Waals surface area contributed by atoms with Crippen LogP contribution < -0.4 is 10.2 Å². The van der Waals surface area contributed by atoms with Gasteiger partial charge >= 0.3 is 0 Å². The molecule has 1 aromatic heterocycles. The largest absolute Gasteiger partial charge is 0.359 e. The van der Waals surface area contributed by atoms with Gasteiger partial charge in [-0.1, -0.05) is 6.92 Å². The van der Waals surface area contributed by atoms with Crippen LogP contribution in [-0.2, 0) is 6.54 Å². The molecular formula is C13H23N3S. The third-order valence-electron chi connectivity index (χ3n) is 2.68. The van der Waals surface area contributed by atoms with Crippen molar-refractivity contribution in [2.24, 2.45) is 0 Å². The Balaban J connectivity index is 2.68. The highest BCUT2D eigenvalue weighted by Gasteiger charge is 2.06. The average Bonchev–Trinajstić information content (AvgIpc) is 2.33. The Morgan fingerprint density at radius 3 is 2.82 bits per heavy atom. The van der Waals surface area contributed by atoms with Crippen molar-refractivity contribution in [1.82, 2.24) is 10.3 Å². The minimum Gasteiger partial charge on any atom is -0.359 e. The van der Waals surface area contributed by atoms with Gasteiger partial charge < -0.3 is 10.2 Å². The molecule has 0 saturated carbocycles. The van der Waals surface area contributed by atoms with E-state index in [-0.39, 0.29) is 0 Å². The molecule has 0 amide bonds. The highest BCUT2D eigenvalue weighted by Crippen LogP contribution is 2.16. The van der Waals surface area contributed by atoms with Crippen molar-refractivity contribution in [2.75, 3.05) is 37.0 Å². The first-order chi connectivity index (χ1) is 8.19. The Labute approximate surface area is 109 Å². The number of aromatic nitrogens is 1. The molecule has 0 spiro atoms. The van der Waals surface area contributed by atoms with Gasteiger partial charge in [0.25, 0.3) is 0 Å². The van der Waals surface area contributed by atoms with Crippen LogP contribution >= 0.6 is 11.8 Å². The normalized spacial score (nSPS) is 10.6. The number of hydrogen-bond acceptors (Lipinski definition) is 4. The average molecular weight is 253 g/mol. The van der Waals surface area contributed by atoms with Crippen LogP contribution in [-0.4, -0.2) is 37.1 Å². The zero-order valence-corrected chi connectivity index (χ0v) is 12.1. The minimum atomic E-state index is 0.902. The van der Waals surface area contributed by atoms with Gasteiger partial charge in [-0.05, 0) is 36.9 Å². The summed E-state index contributed by atoms with van der Waals surface area (Å²) in [6, 6.07) is 2.22. The number of nitrogens with one attached hydrogen (secondary N) is 1. The van der Waals surface area contributed by atoms with Gasteiger partial charge in [0.1, 0.15) is 5.82 Å². The third-order valence-corrected chi connectivity index (χ3v) is 3.27. The molecule has 0 aliphatic carbocycles. The van der Waals surface area contributed by atoms with Crippen LogP contribution in [0.1, 0.15) is 18.1 Å². The van der Waals surface area contributed by atoms with Crippen molar-refractivity contribution >= 4 is 17.6 Å².